The van der Waals surface area contributed by atoms with Crippen LogP contribution in [0, 0.1) is 5.92 Å². The van der Waals surface area contributed by atoms with Gasteiger partial charge in [0, 0.05) is 6.54 Å². The number of rotatable bonds is 10. The zero-order valence-electron chi connectivity index (χ0n) is 15.9. The van der Waals surface area contributed by atoms with E-state index in [1.807, 2.05) is 6.07 Å². The van der Waals surface area contributed by atoms with E-state index in [-0.39, 0.29) is 18.6 Å². The van der Waals surface area contributed by atoms with Gasteiger partial charge in [-0.2, -0.15) is 0 Å². The SMILES string of the molecule is COc1ccc(CNC(=O)NC(CC2CCCC2)CN(O)C=O)cc1OC. The Labute approximate surface area is 159 Å². The third kappa shape index (κ3) is 6.63. The average Bonchev–Trinajstić information content (AvgIpc) is 3.18. The van der Waals surface area contributed by atoms with Crippen LogP contribution in [0.1, 0.15) is 37.7 Å². The topological polar surface area (TPSA) is 100 Å². The maximum absolute atomic E-state index is 12.3. The van der Waals surface area contributed by atoms with Gasteiger partial charge in [0.1, 0.15) is 0 Å². The number of urea groups is 1. The van der Waals surface area contributed by atoms with Crippen LogP contribution >= 0.6 is 0 Å². The predicted octanol–water partition coefficient (Wildman–Crippen LogP) is 2.30. The first kappa shape index (κ1) is 20.8. The van der Waals surface area contributed by atoms with Crippen molar-refractivity contribution in [1.82, 2.24) is 15.7 Å². The summed E-state index contributed by atoms with van der Waals surface area (Å²) in [6, 6.07) is 4.79. The smallest absolute Gasteiger partial charge is 0.315 e. The van der Waals surface area contributed by atoms with E-state index >= 15 is 0 Å². The van der Waals surface area contributed by atoms with Crippen LogP contribution in [-0.4, -0.2) is 49.5 Å². The molecule has 0 aromatic heterocycles. The van der Waals surface area contributed by atoms with Crippen LogP contribution < -0.4 is 20.1 Å². The number of nitrogens with one attached hydrogen (secondary N) is 2. The molecule has 1 aromatic rings. The first-order valence-corrected chi connectivity index (χ1v) is 9.21. The summed E-state index contributed by atoms with van der Waals surface area (Å²) in [5.41, 5.74) is 0.867. The van der Waals surface area contributed by atoms with Gasteiger partial charge >= 0.3 is 6.03 Å². The second-order valence-corrected chi connectivity index (χ2v) is 6.83. The summed E-state index contributed by atoms with van der Waals surface area (Å²) in [5.74, 6) is 1.73. The van der Waals surface area contributed by atoms with E-state index in [9.17, 15) is 14.8 Å². The van der Waals surface area contributed by atoms with Crippen LogP contribution in [0.25, 0.3) is 0 Å². The fraction of sp³-hybridized carbons (Fsp3) is 0.579. The summed E-state index contributed by atoms with van der Waals surface area (Å²) >= 11 is 0. The molecule has 1 aromatic carbocycles. The third-order valence-corrected chi connectivity index (χ3v) is 4.86. The van der Waals surface area contributed by atoms with Crippen molar-refractivity contribution in [2.24, 2.45) is 5.92 Å². The van der Waals surface area contributed by atoms with Crippen LogP contribution in [0.15, 0.2) is 18.2 Å². The number of amides is 3. The Bertz CT molecular complexity index is 619. The van der Waals surface area contributed by atoms with E-state index in [1.165, 1.54) is 12.8 Å². The van der Waals surface area contributed by atoms with E-state index in [0.717, 1.165) is 24.8 Å². The number of carbonyl (C=O) groups excluding carboxylic acids is 2. The number of hydroxylamine groups is 2. The molecule has 0 saturated heterocycles. The zero-order chi connectivity index (χ0) is 19.6. The number of methoxy groups -OCH3 is 2. The first-order chi connectivity index (χ1) is 13.0. The molecule has 1 fully saturated rings. The van der Waals surface area contributed by atoms with Gasteiger partial charge in [-0.1, -0.05) is 31.7 Å². The Morgan fingerprint density at radius 3 is 2.63 bits per heavy atom. The van der Waals surface area contributed by atoms with Crippen LogP contribution in [-0.2, 0) is 11.3 Å². The lowest BCUT2D eigenvalue weighted by molar-refractivity contribution is -0.151. The van der Waals surface area contributed by atoms with Crippen molar-refractivity contribution < 1.29 is 24.3 Å². The highest BCUT2D eigenvalue weighted by atomic mass is 16.5. The Hall–Kier alpha value is -2.48. The Morgan fingerprint density at radius 1 is 1.30 bits per heavy atom. The third-order valence-electron chi connectivity index (χ3n) is 4.86. The molecule has 1 atom stereocenters. The van der Waals surface area contributed by atoms with E-state index in [0.29, 0.717) is 35.4 Å². The van der Waals surface area contributed by atoms with Gasteiger partial charge in [-0.05, 0) is 30.0 Å². The molecule has 0 aliphatic heterocycles. The molecule has 1 unspecified atom stereocenters. The van der Waals surface area contributed by atoms with Gasteiger partial charge in [0.15, 0.2) is 11.5 Å². The summed E-state index contributed by atoms with van der Waals surface area (Å²) in [6.45, 7) is 0.392. The highest BCUT2D eigenvalue weighted by molar-refractivity contribution is 5.74. The maximum atomic E-state index is 12.3. The van der Waals surface area contributed by atoms with Crippen molar-refractivity contribution >= 4 is 12.4 Å². The summed E-state index contributed by atoms with van der Waals surface area (Å²) in [4.78, 5) is 23.0. The van der Waals surface area contributed by atoms with Gasteiger partial charge in [0.05, 0.1) is 26.8 Å². The van der Waals surface area contributed by atoms with Gasteiger partial charge in [0.2, 0.25) is 6.41 Å². The van der Waals surface area contributed by atoms with Crippen LogP contribution in [0.5, 0.6) is 11.5 Å². The highest BCUT2D eigenvalue weighted by Gasteiger charge is 2.23. The molecular weight excluding hydrogens is 350 g/mol. The molecule has 8 nitrogen and oxygen atoms in total. The fourth-order valence-corrected chi connectivity index (χ4v) is 3.51. The van der Waals surface area contributed by atoms with E-state index in [1.54, 1.807) is 26.4 Å². The maximum Gasteiger partial charge on any atom is 0.315 e. The van der Waals surface area contributed by atoms with Gasteiger partial charge < -0.3 is 20.1 Å². The molecule has 2 rings (SSSR count). The lowest BCUT2D eigenvalue weighted by Crippen LogP contribution is -2.47. The number of nitrogens with zero attached hydrogens (tertiary/aromatic N) is 1. The van der Waals surface area contributed by atoms with Gasteiger partial charge in [-0.25, -0.2) is 9.86 Å². The van der Waals surface area contributed by atoms with Crippen molar-refractivity contribution in [3.8, 4) is 11.5 Å². The van der Waals surface area contributed by atoms with Crippen molar-refractivity contribution in [3.05, 3.63) is 23.8 Å². The number of hydrogen-bond donors (Lipinski definition) is 3. The molecule has 150 valence electrons. The van der Waals surface area contributed by atoms with Crippen molar-refractivity contribution in [2.45, 2.75) is 44.7 Å². The van der Waals surface area contributed by atoms with E-state index < -0.39 is 0 Å². The molecule has 0 heterocycles. The van der Waals surface area contributed by atoms with E-state index in [2.05, 4.69) is 10.6 Å². The number of benzene rings is 1. The minimum atomic E-state index is -0.341. The molecule has 27 heavy (non-hydrogen) atoms. The number of ether oxygens (including phenoxy) is 2. The van der Waals surface area contributed by atoms with Crippen LogP contribution in [0.3, 0.4) is 0 Å². The molecule has 0 spiro atoms. The van der Waals surface area contributed by atoms with Crippen molar-refractivity contribution in [2.75, 3.05) is 20.8 Å². The molecule has 1 aliphatic carbocycles. The molecule has 3 amide bonds. The fourth-order valence-electron chi connectivity index (χ4n) is 3.51. The first-order valence-electron chi connectivity index (χ1n) is 9.21. The molecule has 8 heteroatoms. The molecule has 3 N–H and O–H groups in total. The normalized spacial score (nSPS) is 15.1. The quantitative estimate of drug-likeness (QED) is 0.329. The number of hydrogen-bond acceptors (Lipinski definition) is 5. The molecule has 1 saturated carbocycles. The monoisotopic (exact) mass is 379 g/mol. The lowest BCUT2D eigenvalue weighted by atomic mass is 9.98. The summed E-state index contributed by atoms with van der Waals surface area (Å²) in [7, 11) is 3.13. The van der Waals surface area contributed by atoms with Gasteiger partial charge in [-0.3, -0.25) is 10.0 Å². The second-order valence-electron chi connectivity index (χ2n) is 6.83. The van der Waals surface area contributed by atoms with Gasteiger partial charge in [-0.15, -0.1) is 0 Å². The lowest BCUT2D eigenvalue weighted by Gasteiger charge is -2.24. The van der Waals surface area contributed by atoms with Crippen LogP contribution in [0.2, 0.25) is 0 Å². The van der Waals surface area contributed by atoms with Crippen molar-refractivity contribution in [3.63, 3.8) is 0 Å². The Balaban J connectivity index is 1.89. The largest absolute Gasteiger partial charge is 0.493 e. The van der Waals surface area contributed by atoms with Crippen molar-refractivity contribution in [1.29, 1.82) is 0 Å². The van der Waals surface area contributed by atoms with Gasteiger partial charge in [0.25, 0.3) is 0 Å². The minimum absolute atomic E-state index is 0.0732. The predicted molar refractivity (Wildman–Crippen MR) is 99.8 cm³/mol. The Morgan fingerprint density at radius 2 is 2.00 bits per heavy atom. The Kier molecular flexibility index (Phi) is 8.19. The molecule has 1 aliphatic rings. The minimum Gasteiger partial charge on any atom is -0.493 e. The highest BCUT2D eigenvalue weighted by Crippen LogP contribution is 2.29. The zero-order valence-corrected chi connectivity index (χ0v) is 15.9. The van der Waals surface area contributed by atoms with E-state index in [4.69, 9.17) is 9.47 Å². The summed E-state index contributed by atoms with van der Waals surface area (Å²) in [5, 5.41) is 15.7. The standard InChI is InChI=1S/C19H29N3O5/c1-26-17-8-7-15(10-18(17)27-2)11-20-19(24)21-16(12-22(25)13-23)9-14-5-3-4-6-14/h7-8,10,13-14,16,25H,3-6,9,11-12H2,1-2H3,(H2,20,21,24). The summed E-state index contributed by atoms with van der Waals surface area (Å²) < 4.78 is 10.5. The molecule has 0 radical (unpaired) electrons. The second kappa shape index (κ2) is 10.6. The molecular formula is C19H29N3O5. The van der Waals surface area contributed by atoms with Crippen LogP contribution in [0.4, 0.5) is 4.79 Å². The molecule has 0 bridgehead atoms. The number of carbonyl (C=O) groups is 2. The summed E-state index contributed by atoms with van der Waals surface area (Å²) in [6.07, 6.45) is 5.73. The average molecular weight is 379 g/mol.